The summed E-state index contributed by atoms with van der Waals surface area (Å²) in [7, 11) is 0. The van der Waals surface area contributed by atoms with Gasteiger partial charge in [-0.05, 0) is 0 Å². The van der Waals surface area contributed by atoms with Crippen LogP contribution >= 0.6 is 0 Å². The van der Waals surface area contributed by atoms with Crippen molar-refractivity contribution in [3.05, 3.63) is 0 Å². The Morgan fingerprint density at radius 1 is 1.12 bits per heavy atom. The maximum Gasteiger partial charge on any atom is 0.230 e. The number of hydrogen-bond acceptors (Lipinski definition) is 5. The second-order valence-electron chi connectivity index (χ2n) is 4.24. The second kappa shape index (κ2) is 3.36. The third kappa shape index (κ3) is 1.30. The van der Waals surface area contributed by atoms with Gasteiger partial charge in [0.15, 0.2) is 5.78 Å². The highest BCUT2D eigenvalue weighted by atomic mass is 16.7. The summed E-state index contributed by atoms with van der Waals surface area (Å²) in [6, 6.07) is -0.464. The Morgan fingerprint density at radius 2 is 1.81 bits per heavy atom. The van der Waals surface area contributed by atoms with Crippen LogP contribution in [-0.2, 0) is 23.9 Å². The molecule has 3 rings (SSSR count). The molecule has 0 radical (unpaired) electrons. The fraction of sp³-hybridized carbons (Fsp3) is 0.700. The van der Waals surface area contributed by atoms with Crippen LogP contribution in [0.1, 0.15) is 19.3 Å². The van der Waals surface area contributed by atoms with Gasteiger partial charge in [0.25, 0.3) is 0 Å². The summed E-state index contributed by atoms with van der Waals surface area (Å²) in [4.78, 5) is 35.8. The fourth-order valence-corrected chi connectivity index (χ4v) is 2.45. The van der Waals surface area contributed by atoms with Gasteiger partial charge in [0, 0.05) is 19.3 Å². The summed E-state index contributed by atoms with van der Waals surface area (Å²) >= 11 is 0. The van der Waals surface area contributed by atoms with E-state index in [1.54, 1.807) is 0 Å². The van der Waals surface area contributed by atoms with Crippen LogP contribution < -0.4 is 0 Å². The van der Waals surface area contributed by atoms with E-state index in [1.807, 2.05) is 0 Å². The Morgan fingerprint density at radius 3 is 2.50 bits per heavy atom. The van der Waals surface area contributed by atoms with Gasteiger partial charge in [-0.1, -0.05) is 0 Å². The first kappa shape index (κ1) is 9.92. The molecule has 3 heterocycles. The van der Waals surface area contributed by atoms with Gasteiger partial charge in [-0.25, -0.2) is 0 Å². The zero-order chi connectivity index (χ0) is 11.3. The van der Waals surface area contributed by atoms with E-state index in [2.05, 4.69) is 0 Å². The highest BCUT2D eigenvalue weighted by molar-refractivity contribution is 6.03. The maximum absolute atomic E-state index is 11.6. The van der Waals surface area contributed by atoms with Crippen LogP contribution in [0.3, 0.4) is 0 Å². The Bertz CT molecular complexity index is 363. The lowest BCUT2D eigenvalue weighted by molar-refractivity contribution is -0.163. The van der Waals surface area contributed by atoms with Gasteiger partial charge in [0.1, 0.15) is 6.10 Å². The molecule has 3 atom stereocenters. The number of ether oxygens (including phenoxy) is 2. The molecule has 0 spiro atoms. The quantitative estimate of drug-likeness (QED) is 0.547. The molecule has 3 aliphatic rings. The fourth-order valence-electron chi connectivity index (χ4n) is 2.45. The third-order valence-corrected chi connectivity index (χ3v) is 3.23. The minimum absolute atomic E-state index is 0.160. The zero-order valence-corrected chi connectivity index (χ0v) is 8.55. The van der Waals surface area contributed by atoms with Crippen LogP contribution in [0.5, 0.6) is 0 Å². The van der Waals surface area contributed by atoms with Crippen molar-refractivity contribution in [2.75, 3.05) is 6.61 Å². The van der Waals surface area contributed by atoms with E-state index < -0.39 is 12.3 Å². The Kier molecular flexibility index (Phi) is 2.08. The van der Waals surface area contributed by atoms with Gasteiger partial charge in [-0.2, -0.15) is 0 Å². The standard InChI is InChI=1S/C10H11NO5/c12-6-3-5(7-4-15-10(6)16-7)11-8(13)1-2-9(11)14/h5,7,10H,1-4H2/t5-,7+,10-/m1/s1. The van der Waals surface area contributed by atoms with Crippen molar-refractivity contribution in [2.45, 2.75) is 37.7 Å². The molecule has 0 N–H and O–H groups in total. The number of carbonyl (C=O) groups is 3. The summed E-state index contributed by atoms with van der Waals surface area (Å²) in [5.41, 5.74) is 0. The van der Waals surface area contributed by atoms with Gasteiger partial charge in [-0.15, -0.1) is 0 Å². The van der Waals surface area contributed by atoms with Crippen molar-refractivity contribution in [1.82, 2.24) is 4.90 Å². The predicted molar refractivity (Wildman–Crippen MR) is 49.1 cm³/mol. The van der Waals surface area contributed by atoms with Crippen molar-refractivity contribution in [3.8, 4) is 0 Å². The SMILES string of the molecule is O=C1C[C@@H](N2C(=O)CCC2=O)[C@@H]2CO[C@@H]1O2. The number of rotatable bonds is 1. The van der Waals surface area contributed by atoms with E-state index in [4.69, 9.17) is 9.47 Å². The van der Waals surface area contributed by atoms with Gasteiger partial charge in [0.2, 0.25) is 18.1 Å². The van der Waals surface area contributed by atoms with Crippen LogP contribution in [-0.4, -0.2) is 47.5 Å². The average molecular weight is 225 g/mol. The van der Waals surface area contributed by atoms with Gasteiger partial charge >= 0.3 is 0 Å². The largest absolute Gasteiger partial charge is 0.343 e. The molecule has 6 heteroatoms. The van der Waals surface area contributed by atoms with Crippen molar-refractivity contribution >= 4 is 17.6 Å². The molecule has 0 aliphatic carbocycles. The van der Waals surface area contributed by atoms with Crippen LogP contribution in [0, 0.1) is 0 Å². The van der Waals surface area contributed by atoms with E-state index >= 15 is 0 Å². The molecular formula is C10H11NO5. The molecule has 6 nitrogen and oxygen atoms in total. The molecular weight excluding hydrogens is 214 g/mol. The molecule has 0 aromatic rings. The minimum Gasteiger partial charge on any atom is -0.343 e. The normalized spacial score (nSPS) is 38.6. The highest BCUT2D eigenvalue weighted by Crippen LogP contribution is 2.30. The topological polar surface area (TPSA) is 72.9 Å². The summed E-state index contributed by atoms with van der Waals surface area (Å²) in [5, 5.41) is 0. The Labute approximate surface area is 91.5 Å². The van der Waals surface area contributed by atoms with Crippen LogP contribution in [0.2, 0.25) is 0 Å². The molecule has 3 aliphatic heterocycles. The lowest BCUT2D eigenvalue weighted by Gasteiger charge is -2.32. The Hall–Kier alpha value is -1.27. The van der Waals surface area contributed by atoms with E-state index in [-0.39, 0.29) is 49.6 Å². The third-order valence-electron chi connectivity index (χ3n) is 3.23. The molecule has 16 heavy (non-hydrogen) atoms. The minimum atomic E-state index is -0.783. The van der Waals surface area contributed by atoms with E-state index in [1.165, 1.54) is 4.90 Å². The number of carbonyl (C=O) groups excluding carboxylic acids is 3. The molecule has 0 unspecified atom stereocenters. The number of ketones is 1. The number of amides is 2. The van der Waals surface area contributed by atoms with Crippen molar-refractivity contribution in [1.29, 1.82) is 0 Å². The average Bonchev–Trinajstić information content (AvgIpc) is 2.81. The molecule has 86 valence electrons. The zero-order valence-electron chi connectivity index (χ0n) is 8.55. The monoisotopic (exact) mass is 225 g/mol. The summed E-state index contributed by atoms with van der Waals surface area (Å²) in [5.74, 6) is -0.611. The summed E-state index contributed by atoms with van der Waals surface area (Å²) < 4.78 is 10.4. The summed E-state index contributed by atoms with van der Waals surface area (Å²) in [6.07, 6.45) is -0.490. The molecule has 3 fully saturated rings. The maximum atomic E-state index is 11.6. The summed E-state index contributed by atoms with van der Waals surface area (Å²) in [6.45, 7) is 0.276. The lowest BCUT2D eigenvalue weighted by Crippen LogP contribution is -2.51. The lowest BCUT2D eigenvalue weighted by atomic mass is 10.0. The molecule has 0 aromatic carbocycles. The molecule has 0 aromatic heterocycles. The first-order valence-electron chi connectivity index (χ1n) is 5.31. The smallest absolute Gasteiger partial charge is 0.230 e. The van der Waals surface area contributed by atoms with Crippen LogP contribution in [0.25, 0.3) is 0 Å². The number of imide groups is 1. The number of fused-ring (bicyclic) bond motifs is 2. The van der Waals surface area contributed by atoms with Gasteiger partial charge < -0.3 is 9.47 Å². The first-order chi connectivity index (χ1) is 7.66. The highest BCUT2D eigenvalue weighted by Gasteiger charge is 2.49. The van der Waals surface area contributed by atoms with Crippen molar-refractivity contribution < 1.29 is 23.9 Å². The number of Topliss-reactive ketones (excluding diaryl/α,β-unsaturated/α-hetero) is 1. The van der Waals surface area contributed by atoms with Crippen LogP contribution in [0.15, 0.2) is 0 Å². The van der Waals surface area contributed by atoms with E-state index in [0.29, 0.717) is 0 Å². The van der Waals surface area contributed by atoms with E-state index in [9.17, 15) is 14.4 Å². The molecule has 2 amide bonds. The van der Waals surface area contributed by atoms with E-state index in [0.717, 1.165) is 0 Å². The number of nitrogens with zero attached hydrogens (tertiary/aromatic N) is 1. The molecule has 0 saturated carbocycles. The van der Waals surface area contributed by atoms with Crippen molar-refractivity contribution in [2.24, 2.45) is 0 Å². The van der Waals surface area contributed by atoms with Gasteiger partial charge in [-0.3, -0.25) is 19.3 Å². The molecule has 2 bridgehead atoms. The first-order valence-corrected chi connectivity index (χ1v) is 5.31. The van der Waals surface area contributed by atoms with Gasteiger partial charge in [0.05, 0.1) is 12.6 Å². The van der Waals surface area contributed by atoms with Crippen molar-refractivity contribution in [3.63, 3.8) is 0 Å². The Balaban J connectivity index is 1.86. The van der Waals surface area contributed by atoms with Crippen LogP contribution in [0.4, 0.5) is 0 Å². The number of likely N-dealkylation sites (tertiary alicyclic amines) is 1. The number of hydrogen-bond donors (Lipinski definition) is 0. The predicted octanol–water partition coefficient (Wildman–Crippen LogP) is -0.782. The second-order valence-corrected chi connectivity index (χ2v) is 4.24. The molecule has 3 saturated heterocycles.